The van der Waals surface area contributed by atoms with Gasteiger partial charge in [-0.15, -0.1) is 0 Å². The van der Waals surface area contributed by atoms with E-state index >= 15 is 0 Å². The highest BCUT2D eigenvalue weighted by Crippen LogP contribution is 2.18. The Kier molecular flexibility index (Phi) is 4.67. The molecule has 0 aromatic heterocycles. The average molecular weight is 382 g/mol. The van der Waals surface area contributed by atoms with E-state index in [9.17, 15) is 14.9 Å². The van der Waals surface area contributed by atoms with Crippen LogP contribution in [0.4, 0.5) is 11.4 Å². The molecule has 0 radical (unpaired) electrons. The van der Waals surface area contributed by atoms with Crippen molar-refractivity contribution in [2.45, 2.75) is 6.42 Å². The highest BCUT2D eigenvalue weighted by molar-refractivity contribution is 14.1. The van der Waals surface area contributed by atoms with E-state index < -0.39 is 4.92 Å². The standard InChI is InChI=1S/C14H11IN2O3/c15-12-3-1-2-4-13(12)16-14(18)9-10-5-7-11(8-6-10)17(19)20/h1-8H,9H2,(H,16,18). The van der Waals surface area contributed by atoms with Gasteiger partial charge in [-0.1, -0.05) is 24.3 Å². The van der Waals surface area contributed by atoms with Crippen LogP contribution in [0.5, 0.6) is 0 Å². The maximum absolute atomic E-state index is 11.9. The Bertz CT molecular complexity index is 641. The van der Waals surface area contributed by atoms with E-state index in [2.05, 4.69) is 27.9 Å². The van der Waals surface area contributed by atoms with E-state index in [-0.39, 0.29) is 18.0 Å². The fourth-order valence-corrected chi connectivity index (χ4v) is 2.20. The van der Waals surface area contributed by atoms with Crippen molar-refractivity contribution in [1.82, 2.24) is 0 Å². The normalized spacial score (nSPS) is 10.1. The fourth-order valence-electron chi connectivity index (χ4n) is 1.68. The second-order valence-corrected chi connectivity index (χ2v) is 5.29. The summed E-state index contributed by atoms with van der Waals surface area (Å²) < 4.78 is 0.960. The van der Waals surface area contributed by atoms with Gasteiger partial charge in [0.05, 0.1) is 17.0 Å². The summed E-state index contributed by atoms with van der Waals surface area (Å²) in [7, 11) is 0. The number of rotatable bonds is 4. The van der Waals surface area contributed by atoms with Gasteiger partial charge < -0.3 is 5.32 Å². The van der Waals surface area contributed by atoms with Crippen LogP contribution in [-0.2, 0) is 11.2 Å². The van der Waals surface area contributed by atoms with E-state index in [4.69, 9.17) is 0 Å². The number of carbonyl (C=O) groups excluding carboxylic acids is 1. The zero-order chi connectivity index (χ0) is 14.5. The maximum Gasteiger partial charge on any atom is 0.269 e. The molecule has 0 heterocycles. The summed E-state index contributed by atoms with van der Waals surface area (Å²) in [5.41, 5.74) is 1.52. The van der Waals surface area contributed by atoms with Gasteiger partial charge in [-0.2, -0.15) is 0 Å². The molecule has 0 unspecified atom stereocenters. The summed E-state index contributed by atoms with van der Waals surface area (Å²) in [6.45, 7) is 0. The third kappa shape index (κ3) is 3.77. The Hall–Kier alpha value is -1.96. The summed E-state index contributed by atoms with van der Waals surface area (Å²) >= 11 is 2.15. The first-order chi connectivity index (χ1) is 9.56. The maximum atomic E-state index is 11.9. The van der Waals surface area contributed by atoms with Crippen LogP contribution in [0.3, 0.4) is 0 Å². The SMILES string of the molecule is O=C(Cc1ccc([N+](=O)[O-])cc1)Nc1ccccc1I. The summed E-state index contributed by atoms with van der Waals surface area (Å²) in [6, 6.07) is 13.5. The monoisotopic (exact) mass is 382 g/mol. The minimum absolute atomic E-state index is 0.0202. The Balaban J connectivity index is 2.01. The van der Waals surface area contributed by atoms with E-state index in [1.807, 2.05) is 24.3 Å². The Morgan fingerprint density at radius 1 is 1.15 bits per heavy atom. The van der Waals surface area contributed by atoms with Crippen LogP contribution in [-0.4, -0.2) is 10.8 Å². The van der Waals surface area contributed by atoms with E-state index in [1.165, 1.54) is 12.1 Å². The molecule has 102 valence electrons. The third-order valence-corrected chi connectivity index (χ3v) is 3.60. The van der Waals surface area contributed by atoms with Crippen molar-refractivity contribution >= 4 is 39.9 Å². The molecule has 2 aromatic carbocycles. The fraction of sp³-hybridized carbons (Fsp3) is 0.0714. The number of hydrogen-bond donors (Lipinski definition) is 1. The smallest absolute Gasteiger partial charge is 0.269 e. The largest absolute Gasteiger partial charge is 0.325 e. The number of benzene rings is 2. The summed E-state index contributed by atoms with van der Waals surface area (Å²) in [4.78, 5) is 22.0. The van der Waals surface area contributed by atoms with Crippen molar-refractivity contribution < 1.29 is 9.72 Å². The number of para-hydroxylation sites is 1. The van der Waals surface area contributed by atoms with Gasteiger partial charge in [0.15, 0.2) is 0 Å². The van der Waals surface area contributed by atoms with Crippen molar-refractivity contribution in [3.05, 3.63) is 67.8 Å². The predicted molar refractivity (Wildman–Crippen MR) is 84.6 cm³/mol. The van der Waals surface area contributed by atoms with Gasteiger partial charge in [-0.3, -0.25) is 14.9 Å². The molecule has 0 bridgehead atoms. The van der Waals surface area contributed by atoms with Crippen molar-refractivity contribution in [2.24, 2.45) is 0 Å². The highest BCUT2D eigenvalue weighted by Gasteiger charge is 2.08. The second-order valence-electron chi connectivity index (χ2n) is 4.13. The van der Waals surface area contributed by atoms with Crippen molar-refractivity contribution in [2.75, 3.05) is 5.32 Å². The van der Waals surface area contributed by atoms with Gasteiger partial charge in [0.25, 0.3) is 5.69 Å². The van der Waals surface area contributed by atoms with Crippen molar-refractivity contribution in [1.29, 1.82) is 0 Å². The molecule has 0 fully saturated rings. The molecule has 20 heavy (non-hydrogen) atoms. The molecule has 5 nitrogen and oxygen atoms in total. The first-order valence-electron chi connectivity index (χ1n) is 5.84. The van der Waals surface area contributed by atoms with Crippen LogP contribution in [0.25, 0.3) is 0 Å². The van der Waals surface area contributed by atoms with Crippen LogP contribution < -0.4 is 5.32 Å². The third-order valence-electron chi connectivity index (χ3n) is 2.66. The topological polar surface area (TPSA) is 72.2 Å². The number of nitro groups is 1. The van der Waals surface area contributed by atoms with E-state index in [0.29, 0.717) is 0 Å². The predicted octanol–water partition coefficient (Wildman–Crippen LogP) is 3.38. The molecule has 2 rings (SSSR count). The van der Waals surface area contributed by atoms with Crippen LogP contribution in [0, 0.1) is 13.7 Å². The van der Waals surface area contributed by atoms with Gasteiger partial charge in [0, 0.05) is 15.7 Å². The number of nitro benzene ring substituents is 1. The van der Waals surface area contributed by atoms with Crippen LogP contribution >= 0.6 is 22.6 Å². The molecule has 6 heteroatoms. The minimum Gasteiger partial charge on any atom is -0.325 e. The van der Waals surface area contributed by atoms with Crippen LogP contribution in [0.2, 0.25) is 0 Å². The molecular formula is C14H11IN2O3. The lowest BCUT2D eigenvalue weighted by Crippen LogP contribution is -2.15. The number of anilines is 1. The summed E-state index contributed by atoms with van der Waals surface area (Å²) in [5, 5.41) is 13.4. The first-order valence-corrected chi connectivity index (χ1v) is 6.92. The molecule has 0 spiro atoms. The number of carbonyl (C=O) groups is 1. The number of nitrogens with zero attached hydrogens (tertiary/aromatic N) is 1. The first kappa shape index (κ1) is 14.4. The van der Waals surface area contributed by atoms with Gasteiger partial charge in [-0.05, 0) is 40.3 Å². The zero-order valence-corrected chi connectivity index (χ0v) is 12.5. The lowest BCUT2D eigenvalue weighted by Gasteiger charge is -2.07. The molecule has 1 amide bonds. The quantitative estimate of drug-likeness (QED) is 0.501. The van der Waals surface area contributed by atoms with Gasteiger partial charge in [0.2, 0.25) is 5.91 Å². The number of halogens is 1. The van der Waals surface area contributed by atoms with Crippen molar-refractivity contribution in [3.63, 3.8) is 0 Å². The lowest BCUT2D eigenvalue weighted by molar-refractivity contribution is -0.384. The molecule has 0 saturated heterocycles. The molecule has 0 aliphatic rings. The van der Waals surface area contributed by atoms with Gasteiger partial charge in [-0.25, -0.2) is 0 Å². The molecule has 0 aliphatic carbocycles. The lowest BCUT2D eigenvalue weighted by atomic mass is 10.1. The van der Waals surface area contributed by atoms with Crippen LogP contribution in [0.1, 0.15) is 5.56 Å². The van der Waals surface area contributed by atoms with Gasteiger partial charge >= 0.3 is 0 Å². The number of nitrogens with one attached hydrogen (secondary N) is 1. The molecule has 0 saturated carbocycles. The zero-order valence-electron chi connectivity index (χ0n) is 10.4. The average Bonchev–Trinajstić information content (AvgIpc) is 2.42. The molecule has 0 aliphatic heterocycles. The number of non-ortho nitro benzene ring substituents is 1. The molecule has 0 atom stereocenters. The number of amides is 1. The number of hydrogen-bond acceptors (Lipinski definition) is 3. The Labute approximate surface area is 129 Å². The van der Waals surface area contributed by atoms with Crippen molar-refractivity contribution in [3.8, 4) is 0 Å². The van der Waals surface area contributed by atoms with E-state index in [1.54, 1.807) is 12.1 Å². The molecular weight excluding hydrogens is 371 g/mol. The Morgan fingerprint density at radius 2 is 1.80 bits per heavy atom. The molecule has 2 aromatic rings. The summed E-state index contributed by atoms with van der Waals surface area (Å²) in [6.07, 6.45) is 0.184. The van der Waals surface area contributed by atoms with E-state index in [0.717, 1.165) is 14.8 Å². The van der Waals surface area contributed by atoms with Gasteiger partial charge in [0.1, 0.15) is 0 Å². The molecule has 1 N–H and O–H groups in total. The highest BCUT2D eigenvalue weighted by atomic mass is 127. The second kappa shape index (κ2) is 6.47. The van der Waals surface area contributed by atoms with Crippen LogP contribution in [0.15, 0.2) is 48.5 Å². The minimum atomic E-state index is -0.462. The Morgan fingerprint density at radius 3 is 2.40 bits per heavy atom. The summed E-state index contributed by atoms with van der Waals surface area (Å²) in [5.74, 6) is -0.150.